The molecule has 0 spiro atoms. The van der Waals surface area contributed by atoms with Crippen LogP contribution < -0.4 is 10.6 Å². The summed E-state index contributed by atoms with van der Waals surface area (Å²) in [6.45, 7) is 8.41. The lowest BCUT2D eigenvalue weighted by Crippen LogP contribution is -2.56. The molecule has 6 nitrogen and oxygen atoms in total. The number of morpholine rings is 1. The highest BCUT2D eigenvalue weighted by molar-refractivity contribution is 7.99. The molecule has 2 N–H and O–H groups in total. The summed E-state index contributed by atoms with van der Waals surface area (Å²) >= 11 is 2.05. The van der Waals surface area contributed by atoms with Gasteiger partial charge in [-0.2, -0.15) is 11.8 Å². The zero-order chi connectivity index (χ0) is 18.1. The molecule has 0 bridgehead atoms. The van der Waals surface area contributed by atoms with Crippen molar-refractivity contribution in [2.75, 3.05) is 57.4 Å². The smallest absolute Gasteiger partial charge is 0.191 e. The summed E-state index contributed by atoms with van der Waals surface area (Å²) in [7, 11) is 0. The summed E-state index contributed by atoms with van der Waals surface area (Å²) < 4.78 is 5.55. The maximum Gasteiger partial charge on any atom is 0.191 e. The van der Waals surface area contributed by atoms with E-state index in [1.165, 1.54) is 17.9 Å². The first-order chi connectivity index (χ1) is 12.8. The topological polar surface area (TPSA) is 61.8 Å². The molecule has 2 fully saturated rings. The van der Waals surface area contributed by atoms with Crippen molar-refractivity contribution in [2.45, 2.75) is 25.3 Å². The van der Waals surface area contributed by atoms with E-state index in [9.17, 15) is 0 Å². The van der Waals surface area contributed by atoms with Crippen molar-refractivity contribution in [1.29, 1.82) is 0 Å². The van der Waals surface area contributed by atoms with Crippen LogP contribution in [0.2, 0.25) is 0 Å². The number of thioether (sulfide) groups is 1. The van der Waals surface area contributed by atoms with Gasteiger partial charge in [-0.3, -0.25) is 14.9 Å². The fourth-order valence-electron chi connectivity index (χ4n) is 3.53. The van der Waals surface area contributed by atoms with Crippen molar-refractivity contribution in [3.8, 4) is 0 Å². The van der Waals surface area contributed by atoms with Gasteiger partial charge in [0.25, 0.3) is 0 Å². The molecule has 2 aliphatic heterocycles. The molecule has 0 saturated carbocycles. The summed E-state index contributed by atoms with van der Waals surface area (Å²) in [6, 6.07) is 6.05. The van der Waals surface area contributed by atoms with E-state index >= 15 is 0 Å². The molecule has 1 aromatic rings. The lowest BCUT2D eigenvalue weighted by atomic mass is 9.96. The van der Waals surface area contributed by atoms with Gasteiger partial charge in [-0.1, -0.05) is 6.07 Å². The van der Waals surface area contributed by atoms with Crippen LogP contribution in [0.25, 0.3) is 0 Å². The molecule has 144 valence electrons. The van der Waals surface area contributed by atoms with E-state index in [0.717, 1.165) is 64.0 Å². The predicted octanol–water partition coefficient (Wildman–Crippen LogP) is 1.39. The molecule has 0 radical (unpaired) electrons. The van der Waals surface area contributed by atoms with E-state index < -0.39 is 0 Å². The molecule has 2 saturated heterocycles. The van der Waals surface area contributed by atoms with Crippen molar-refractivity contribution < 1.29 is 4.74 Å². The van der Waals surface area contributed by atoms with Crippen LogP contribution in [0.15, 0.2) is 29.4 Å². The van der Waals surface area contributed by atoms with E-state index in [1.807, 2.05) is 18.3 Å². The number of ether oxygens (including phenoxy) is 1. The highest BCUT2D eigenvalue weighted by atomic mass is 32.2. The Hall–Kier alpha value is -1.31. The minimum Gasteiger partial charge on any atom is -0.379 e. The van der Waals surface area contributed by atoms with Crippen LogP contribution in [0, 0.1) is 0 Å². The number of hydrogen-bond donors (Lipinski definition) is 2. The van der Waals surface area contributed by atoms with Gasteiger partial charge in [0, 0.05) is 50.2 Å². The van der Waals surface area contributed by atoms with Crippen molar-refractivity contribution in [3.63, 3.8) is 0 Å². The predicted molar refractivity (Wildman–Crippen MR) is 109 cm³/mol. The Kier molecular flexibility index (Phi) is 7.58. The fourth-order valence-corrected chi connectivity index (χ4v) is 5.00. The van der Waals surface area contributed by atoms with Gasteiger partial charge >= 0.3 is 0 Å². The van der Waals surface area contributed by atoms with Crippen molar-refractivity contribution in [3.05, 3.63) is 30.1 Å². The number of rotatable bonds is 7. The molecule has 2 aliphatic rings. The van der Waals surface area contributed by atoms with Crippen LogP contribution in [-0.4, -0.2) is 78.8 Å². The van der Waals surface area contributed by atoms with Crippen LogP contribution in [0.5, 0.6) is 0 Å². The van der Waals surface area contributed by atoms with Gasteiger partial charge in [0.15, 0.2) is 5.96 Å². The van der Waals surface area contributed by atoms with Crippen LogP contribution >= 0.6 is 11.8 Å². The highest BCUT2D eigenvalue weighted by Gasteiger charge is 2.40. The van der Waals surface area contributed by atoms with Gasteiger partial charge in [-0.05, 0) is 31.2 Å². The van der Waals surface area contributed by atoms with E-state index in [1.54, 1.807) is 0 Å². The normalized spacial score (nSPS) is 24.6. The quantitative estimate of drug-likeness (QED) is 0.553. The minimum atomic E-state index is 0.192. The maximum atomic E-state index is 5.55. The van der Waals surface area contributed by atoms with Crippen molar-refractivity contribution >= 4 is 17.7 Å². The molecular formula is C19H31N5OS. The van der Waals surface area contributed by atoms with Crippen LogP contribution in [-0.2, 0) is 11.2 Å². The van der Waals surface area contributed by atoms with Gasteiger partial charge in [-0.15, -0.1) is 0 Å². The van der Waals surface area contributed by atoms with Gasteiger partial charge < -0.3 is 15.4 Å². The first-order valence-corrected chi connectivity index (χ1v) is 10.8. The van der Waals surface area contributed by atoms with E-state index in [-0.39, 0.29) is 5.54 Å². The molecule has 0 aliphatic carbocycles. The molecule has 3 rings (SSSR count). The molecule has 1 unspecified atom stereocenters. The van der Waals surface area contributed by atoms with E-state index in [4.69, 9.17) is 9.73 Å². The molecule has 1 atom stereocenters. The molecule has 26 heavy (non-hydrogen) atoms. The average molecular weight is 378 g/mol. The second-order valence-corrected chi connectivity index (χ2v) is 7.92. The fraction of sp³-hybridized carbons (Fsp3) is 0.684. The first kappa shape index (κ1) is 19.5. The Bertz CT molecular complexity index is 556. The maximum absolute atomic E-state index is 5.55. The van der Waals surface area contributed by atoms with Gasteiger partial charge in [0.1, 0.15) is 0 Å². The SMILES string of the molecule is CCNC(=NCC1(N2CCOCC2)CCSC1)NCCc1ccccn1. The number of guanidine groups is 1. The molecule has 3 heterocycles. The standard InChI is InChI=1S/C19H31N5OS/c1-2-20-18(22-9-6-17-5-3-4-8-21-17)23-15-19(7-14-26-16-19)24-10-12-25-13-11-24/h3-5,8H,2,6-7,9-16H2,1H3,(H2,20,22,23). The third-order valence-electron chi connectivity index (χ3n) is 5.04. The second kappa shape index (κ2) is 10.1. The van der Waals surface area contributed by atoms with Crippen LogP contribution in [0.4, 0.5) is 0 Å². The summed E-state index contributed by atoms with van der Waals surface area (Å²) in [6.07, 6.45) is 3.96. The number of nitrogens with one attached hydrogen (secondary N) is 2. The monoisotopic (exact) mass is 377 g/mol. The average Bonchev–Trinajstić information content (AvgIpc) is 3.18. The number of aromatic nitrogens is 1. The van der Waals surface area contributed by atoms with Crippen LogP contribution in [0.1, 0.15) is 19.0 Å². The molecule has 7 heteroatoms. The molecular weight excluding hydrogens is 346 g/mol. The second-order valence-electron chi connectivity index (χ2n) is 6.82. The number of hydrogen-bond acceptors (Lipinski definition) is 5. The Morgan fingerprint density at radius 3 is 2.92 bits per heavy atom. The van der Waals surface area contributed by atoms with Crippen molar-refractivity contribution in [1.82, 2.24) is 20.5 Å². The lowest BCUT2D eigenvalue weighted by molar-refractivity contribution is -0.0104. The Morgan fingerprint density at radius 1 is 1.35 bits per heavy atom. The largest absolute Gasteiger partial charge is 0.379 e. The number of nitrogens with zero attached hydrogens (tertiary/aromatic N) is 3. The zero-order valence-corrected chi connectivity index (χ0v) is 16.6. The molecule has 1 aromatic heterocycles. The third-order valence-corrected chi connectivity index (χ3v) is 6.27. The van der Waals surface area contributed by atoms with E-state index in [0.29, 0.717) is 0 Å². The number of pyridine rings is 1. The summed E-state index contributed by atoms with van der Waals surface area (Å²) in [5.74, 6) is 3.31. The minimum absolute atomic E-state index is 0.192. The summed E-state index contributed by atoms with van der Waals surface area (Å²) in [4.78, 5) is 11.9. The molecule has 0 aromatic carbocycles. The van der Waals surface area contributed by atoms with Crippen molar-refractivity contribution in [2.24, 2.45) is 4.99 Å². The highest BCUT2D eigenvalue weighted by Crippen LogP contribution is 2.34. The zero-order valence-electron chi connectivity index (χ0n) is 15.7. The van der Waals surface area contributed by atoms with Crippen LogP contribution in [0.3, 0.4) is 0 Å². The Balaban J connectivity index is 1.57. The Labute approximate surface area is 161 Å². The lowest BCUT2D eigenvalue weighted by Gasteiger charge is -2.42. The third kappa shape index (κ3) is 5.34. The first-order valence-electron chi connectivity index (χ1n) is 9.65. The molecule has 0 amide bonds. The summed E-state index contributed by atoms with van der Waals surface area (Å²) in [5, 5.41) is 6.84. The number of aliphatic imine (C=N–C) groups is 1. The summed E-state index contributed by atoms with van der Waals surface area (Å²) in [5.41, 5.74) is 1.30. The van der Waals surface area contributed by atoms with Gasteiger partial charge in [-0.25, -0.2) is 0 Å². The van der Waals surface area contributed by atoms with Gasteiger partial charge in [0.05, 0.1) is 25.3 Å². The van der Waals surface area contributed by atoms with Gasteiger partial charge in [0.2, 0.25) is 0 Å². The Morgan fingerprint density at radius 2 is 2.23 bits per heavy atom. The van der Waals surface area contributed by atoms with E-state index in [2.05, 4.69) is 45.3 Å².